The summed E-state index contributed by atoms with van der Waals surface area (Å²) in [4.78, 5) is 28.3. The van der Waals surface area contributed by atoms with Crippen molar-refractivity contribution < 1.29 is 4.79 Å². The maximum Gasteiger partial charge on any atom is 0.246 e. The third-order valence-corrected chi connectivity index (χ3v) is 7.44. The van der Waals surface area contributed by atoms with Gasteiger partial charge < -0.3 is 10.2 Å². The summed E-state index contributed by atoms with van der Waals surface area (Å²) in [6.07, 6.45) is 15.5. The number of carbonyl (C=O) groups is 1. The number of aromatic nitrogens is 2. The van der Waals surface area contributed by atoms with Crippen molar-refractivity contribution in [2.75, 3.05) is 31.5 Å². The first kappa shape index (κ1) is 21.6. The van der Waals surface area contributed by atoms with Crippen molar-refractivity contribution in [2.24, 2.45) is 0 Å². The lowest BCUT2D eigenvalue weighted by molar-refractivity contribution is -0.126. The number of hydrogen-bond acceptors (Lipinski definition) is 6. The van der Waals surface area contributed by atoms with Gasteiger partial charge in [0.05, 0.1) is 11.9 Å². The Bertz CT molecular complexity index is 1240. The van der Waals surface area contributed by atoms with Crippen LogP contribution in [0, 0.1) is 12.3 Å². The van der Waals surface area contributed by atoms with Gasteiger partial charge in [0.1, 0.15) is 17.0 Å². The van der Waals surface area contributed by atoms with Crippen LogP contribution in [-0.4, -0.2) is 51.9 Å². The Kier molecular flexibility index (Phi) is 6.38. The first-order valence-corrected chi connectivity index (χ1v) is 12.3. The standard InChI is InChI=1S/C26H27N5OS/c1-2-19-8-6-9-20(16-19)29-25-24-21-11-15-31(17-22(21)33-26(24)28-18-27-25)23(32)10-7-14-30-12-4-3-5-13-30/h1,6-10,16,18H,3-5,11-15,17H2,(H,27,28,29)/b10-7+. The van der Waals surface area contributed by atoms with Crippen LogP contribution >= 0.6 is 11.3 Å². The molecule has 33 heavy (non-hydrogen) atoms. The quantitative estimate of drug-likeness (QED) is 0.456. The largest absolute Gasteiger partial charge is 0.340 e. The molecule has 4 heterocycles. The van der Waals surface area contributed by atoms with Crippen LogP contribution < -0.4 is 5.32 Å². The van der Waals surface area contributed by atoms with Gasteiger partial charge in [-0.25, -0.2) is 9.97 Å². The van der Waals surface area contributed by atoms with Crippen LogP contribution in [0.5, 0.6) is 0 Å². The summed E-state index contributed by atoms with van der Waals surface area (Å²) in [5.41, 5.74) is 2.96. The number of hydrogen-bond donors (Lipinski definition) is 1. The monoisotopic (exact) mass is 457 g/mol. The molecule has 0 atom stereocenters. The highest BCUT2D eigenvalue weighted by Crippen LogP contribution is 2.38. The minimum absolute atomic E-state index is 0.0886. The number of piperidine rings is 1. The van der Waals surface area contributed by atoms with Gasteiger partial charge in [0.25, 0.3) is 0 Å². The molecule has 5 rings (SSSR count). The molecule has 6 nitrogen and oxygen atoms in total. The number of anilines is 2. The van der Waals surface area contributed by atoms with E-state index in [1.807, 2.05) is 35.2 Å². The smallest absolute Gasteiger partial charge is 0.246 e. The predicted octanol–water partition coefficient (Wildman–Crippen LogP) is 4.34. The highest BCUT2D eigenvalue weighted by molar-refractivity contribution is 7.19. The molecule has 0 unspecified atom stereocenters. The van der Waals surface area contributed by atoms with Gasteiger partial charge in [-0.15, -0.1) is 17.8 Å². The Morgan fingerprint density at radius 2 is 2.09 bits per heavy atom. The fourth-order valence-corrected chi connectivity index (χ4v) is 5.79. The molecule has 0 radical (unpaired) electrons. The Labute approximate surface area is 198 Å². The van der Waals surface area contributed by atoms with Gasteiger partial charge in [-0.3, -0.25) is 9.69 Å². The first-order chi connectivity index (χ1) is 16.2. The van der Waals surface area contributed by atoms with Crippen LogP contribution in [0.1, 0.15) is 35.3 Å². The molecule has 1 aromatic carbocycles. The summed E-state index contributed by atoms with van der Waals surface area (Å²) >= 11 is 1.65. The molecule has 168 valence electrons. The van der Waals surface area contributed by atoms with Crippen molar-refractivity contribution in [2.45, 2.75) is 32.2 Å². The van der Waals surface area contributed by atoms with Crippen molar-refractivity contribution >= 4 is 39.0 Å². The number of terminal acetylenes is 1. The fourth-order valence-electron chi connectivity index (χ4n) is 4.58. The Hall–Kier alpha value is -3.21. The van der Waals surface area contributed by atoms with Crippen LogP contribution in [0.2, 0.25) is 0 Å². The summed E-state index contributed by atoms with van der Waals surface area (Å²) in [7, 11) is 0. The topological polar surface area (TPSA) is 61.4 Å². The van der Waals surface area contributed by atoms with Crippen molar-refractivity contribution in [3.05, 3.63) is 58.7 Å². The summed E-state index contributed by atoms with van der Waals surface area (Å²) in [6, 6.07) is 7.74. The van der Waals surface area contributed by atoms with E-state index >= 15 is 0 Å². The maximum absolute atomic E-state index is 12.8. The van der Waals surface area contributed by atoms with Crippen molar-refractivity contribution in [3.8, 4) is 12.3 Å². The third kappa shape index (κ3) is 4.77. The molecule has 1 saturated heterocycles. The second-order valence-corrected chi connectivity index (χ2v) is 9.61. The third-order valence-electron chi connectivity index (χ3n) is 6.31. The molecule has 0 bridgehead atoms. The minimum Gasteiger partial charge on any atom is -0.340 e. The number of nitrogens with one attached hydrogen (secondary N) is 1. The van der Waals surface area contributed by atoms with Gasteiger partial charge in [-0.1, -0.05) is 24.5 Å². The molecule has 0 spiro atoms. The molecule has 3 aromatic rings. The normalized spacial score (nSPS) is 16.6. The summed E-state index contributed by atoms with van der Waals surface area (Å²) in [5, 5.41) is 4.47. The van der Waals surface area contributed by atoms with E-state index in [-0.39, 0.29) is 5.91 Å². The molecule has 2 aromatic heterocycles. The molecule has 7 heteroatoms. The van der Waals surface area contributed by atoms with Crippen LogP contribution in [0.25, 0.3) is 10.2 Å². The van der Waals surface area contributed by atoms with Gasteiger partial charge in [0.2, 0.25) is 5.91 Å². The molecular weight excluding hydrogens is 430 g/mol. The molecule has 1 fully saturated rings. The lowest BCUT2D eigenvalue weighted by Crippen LogP contribution is -2.34. The fraction of sp³-hybridized carbons (Fsp3) is 0.346. The average Bonchev–Trinajstić information content (AvgIpc) is 3.23. The van der Waals surface area contributed by atoms with Crippen molar-refractivity contribution in [1.82, 2.24) is 19.8 Å². The summed E-state index contributed by atoms with van der Waals surface area (Å²) < 4.78 is 0. The maximum atomic E-state index is 12.8. The van der Waals surface area contributed by atoms with E-state index in [0.29, 0.717) is 13.1 Å². The molecule has 1 N–H and O–H groups in total. The second kappa shape index (κ2) is 9.74. The van der Waals surface area contributed by atoms with E-state index in [2.05, 4.69) is 26.1 Å². The summed E-state index contributed by atoms with van der Waals surface area (Å²) in [5.74, 6) is 3.54. The molecule has 2 aliphatic heterocycles. The van der Waals surface area contributed by atoms with Gasteiger partial charge >= 0.3 is 0 Å². The number of nitrogens with zero attached hydrogens (tertiary/aromatic N) is 4. The van der Waals surface area contributed by atoms with Gasteiger partial charge in [0.15, 0.2) is 0 Å². The Morgan fingerprint density at radius 3 is 2.94 bits per heavy atom. The molecule has 2 aliphatic rings. The summed E-state index contributed by atoms with van der Waals surface area (Å²) in [6.45, 7) is 4.46. The van der Waals surface area contributed by atoms with E-state index in [0.717, 1.165) is 53.3 Å². The lowest BCUT2D eigenvalue weighted by Gasteiger charge is -2.27. The molecular formula is C26H27N5OS. The van der Waals surface area contributed by atoms with Gasteiger partial charge in [0, 0.05) is 35.3 Å². The zero-order valence-corrected chi connectivity index (χ0v) is 19.4. The number of benzene rings is 1. The highest BCUT2D eigenvalue weighted by Gasteiger charge is 2.25. The lowest BCUT2D eigenvalue weighted by atomic mass is 10.0. The van der Waals surface area contributed by atoms with E-state index in [1.54, 1.807) is 23.7 Å². The highest BCUT2D eigenvalue weighted by atomic mass is 32.1. The Balaban J connectivity index is 1.31. The van der Waals surface area contributed by atoms with E-state index < -0.39 is 0 Å². The van der Waals surface area contributed by atoms with Gasteiger partial charge in [-0.05, 0) is 56.1 Å². The molecule has 1 amide bonds. The van der Waals surface area contributed by atoms with Crippen molar-refractivity contribution in [3.63, 3.8) is 0 Å². The van der Waals surface area contributed by atoms with Crippen LogP contribution in [0.4, 0.5) is 11.5 Å². The number of carbonyl (C=O) groups excluding carboxylic acids is 1. The van der Waals surface area contributed by atoms with E-state index in [9.17, 15) is 4.79 Å². The zero-order valence-electron chi connectivity index (χ0n) is 18.6. The molecule has 0 saturated carbocycles. The van der Waals surface area contributed by atoms with E-state index in [1.165, 1.54) is 29.7 Å². The van der Waals surface area contributed by atoms with Crippen LogP contribution in [0.3, 0.4) is 0 Å². The van der Waals surface area contributed by atoms with Crippen LogP contribution in [0.15, 0.2) is 42.7 Å². The zero-order chi connectivity index (χ0) is 22.6. The number of fused-ring (bicyclic) bond motifs is 3. The minimum atomic E-state index is 0.0886. The number of amides is 1. The number of likely N-dealkylation sites (tertiary alicyclic amines) is 1. The first-order valence-electron chi connectivity index (χ1n) is 11.5. The predicted molar refractivity (Wildman–Crippen MR) is 134 cm³/mol. The van der Waals surface area contributed by atoms with Crippen molar-refractivity contribution in [1.29, 1.82) is 0 Å². The van der Waals surface area contributed by atoms with E-state index in [4.69, 9.17) is 6.42 Å². The van der Waals surface area contributed by atoms with Gasteiger partial charge in [-0.2, -0.15) is 0 Å². The SMILES string of the molecule is C#Cc1cccc(Nc2ncnc3sc4c(c23)CCN(C(=O)/C=C/CN2CCCCC2)C4)c1. The number of rotatable bonds is 5. The molecule has 0 aliphatic carbocycles. The average molecular weight is 458 g/mol. The number of thiophene rings is 1. The Morgan fingerprint density at radius 1 is 1.21 bits per heavy atom. The van der Waals surface area contributed by atoms with Crippen LogP contribution in [-0.2, 0) is 17.8 Å². The second-order valence-electron chi connectivity index (χ2n) is 8.53.